The molecule has 0 aliphatic carbocycles. The normalized spacial score (nSPS) is 25.5. The van der Waals surface area contributed by atoms with E-state index in [-0.39, 0.29) is 11.9 Å². The Bertz CT molecular complexity index is 232. The topological polar surface area (TPSA) is 46.3 Å². The molecule has 1 saturated heterocycles. The van der Waals surface area contributed by atoms with Gasteiger partial charge in [-0.15, -0.1) is 0 Å². The summed E-state index contributed by atoms with van der Waals surface area (Å²) in [6, 6.07) is -0.0187. The van der Waals surface area contributed by atoms with Gasteiger partial charge in [-0.25, -0.2) is 0 Å². The molecule has 0 bridgehead atoms. The lowest BCUT2D eigenvalue weighted by Gasteiger charge is -2.33. The van der Waals surface area contributed by atoms with Crippen molar-refractivity contribution in [2.45, 2.75) is 46.6 Å². The molecule has 0 aromatic heterocycles. The number of amides is 1. The molecule has 15 heavy (non-hydrogen) atoms. The van der Waals surface area contributed by atoms with Crippen LogP contribution in [-0.4, -0.2) is 29.9 Å². The molecule has 3 heteroatoms. The fraction of sp³-hybridized carbons (Fsp3) is 0.917. The number of primary amides is 1. The number of rotatable bonds is 3. The zero-order valence-electron chi connectivity index (χ0n) is 10.4. The van der Waals surface area contributed by atoms with Crippen LogP contribution in [0.25, 0.3) is 0 Å². The van der Waals surface area contributed by atoms with E-state index in [9.17, 15) is 4.79 Å². The molecule has 0 radical (unpaired) electrons. The Morgan fingerprint density at radius 3 is 2.60 bits per heavy atom. The van der Waals surface area contributed by atoms with Crippen LogP contribution in [0.3, 0.4) is 0 Å². The smallest absolute Gasteiger partial charge is 0.234 e. The van der Waals surface area contributed by atoms with Gasteiger partial charge >= 0.3 is 0 Å². The molecular weight excluding hydrogens is 188 g/mol. The number of carbonyl (C=O) groups excluding carboxylic acids is 1. The van der Waals surface area contributed by atoms with E-state index in [1.165, 1.54) is 0 Å². The average molecular weight is 212 g/mol. The van der Waals surface area contributed by atoms with Crippen molar-refractivity contribution in [3.8, 4) is 0 Å². The molecular formula is C12H24N2O. The minimum atomic E-state index is -0.159. The number of carbonyl (C=O) groups is 1. The second-order valence-electron chi connectivity index (χ2n) is 5.82. The molecule has 0 saturated carbocycles. The Balaban J connectivity index is 2.54. The highest BCUT2D eigenvalue weighted by molar-refractivity contribution is 5.80. The number of hydrogen-bond acceptors (Lipinski definition) is 2. The van der Waals surface area contributed by atoms with Gasteiger partial charge in [0.2, 0.25) is 5.91 Å². The van der Waals surface area contributed by atoms with E-state index in [0.29, 0.717) is 11.3 Å². The maximum absolute atomic E-state index is 11.2. The van der Waals surface area contributed by atoms with Gasteiger partial charge < -0.3 is 5.73 Å². The van der Waals surface area contributed by atoms with Crippen molar-refractivity contribution in [2.24, 2.45) is 17.1 Å². The summed E-state index contributed by atoms with van der Waals surface area (Å²) in [4.78, 5) is 13.5. The van der Waals surface area contributed by atoms with Gasteiger partial charge in [0, 0.05) is 6.54 Å². The van der Waals surface area contributed by atoms with E-state index >= 15 is 0 Å². The molecule has 2 unspecified atom stereocenters. The third-order valence-corrected chi connectivity index (χ3v) is 3.68. The third-order valence-electron chi connectivity index (χ3n) is 3.68. The van der Waals surface area contributed by atoms with Crippen LogP contribution in [0.15, 0.2) is 0 Å². The Morgan fingerprint density at radius 1 is 1.53 bits per heavy atom. The molecule has 3 nitrogen and oxygen atoms in total. The standard InChI is InChI=1S/C12H24N2O/c1-9(12(2,3)4)8-14-7-5-6-10(14)11(13)15/h9-10H,5-8H2,1-4H3,(H2,13,15). The lowest BCUT2D eigenvalue weighted by atomic mass is 9.82. The summed E-state index contributed by atoms with van der Waals surface area (Å²) in [5, 5.41) is 0. The first-order valence-corrected chi connectivity index (χ1v) is 5.85. The van der Waals surface area contributed by atoms with Gasteiger partial charge in [0.15, 0.2) is 0 Å². The first-order chi connectivity index (χ1) is 6.82. The Hall–Kier alpha value is -0.570. The van der Waals surface area contributed by atoms with Crippen LogP contribution in [0, 0.1) is 11.3 Å². The van der Waals surface area contributed by atoms with E-state index in [0.717, 1.165) is 25.9 Å². The van der Waals surface area contributed by atoms with Crippen molar-refractivity contribution in [3.05, 3.63) is 0 Å². The molecule has 88 valence electrons. The second-order valence-corrected chi connectivity index (χ2v) is 5.82. The minimum Gasteiger partial charge on any atom is -0.368 e. The van der Waals surface area contributed by atoms with Crippen molar-refractivity contribution in [3.63, 3.8) is 0 Å². The van der Waals surface area contributed by atoms with Gasteiger partial charge in [-0.2, -0.15) is 0 Å². The fourth-order valence-electron chi connectivity index (χ4n) is 1.99. The van der Waals surface area contributed by atoms with Crippen LogP contribution in [0.1, 0.15) is 40.5 Å². The SMILES string of the molecule is CC(CN1CCCC1C(N)=O)C(C)(C)C. The monoisotopic (exact) mass is 212 g/mol. The summed E-state index contributed by atoms with van der Waals surface area (Å²) < 4.78 is 0. The summed E-state index contributed by atoms with van der Waals surface area (Å²) in [6.07, 6.45) is 2.04. The van der Waals surface area contributed by atoms with Gasteiger partial charge in [-0.1, -0.05) is 27.7 Å². The fourth-order valence-corrected chi connectivity index (χ4v) is 1.99. The third kappa shape index (κ3) is 3.20. The molecule has 0 spiro atoms. The van der Waals surface area contributed by atoms with Crippen molar-refractivity contribution in [2.75, 3.05) is 13.1 Å². The molecule has 0 aromatic carbocycles. The van der Waals surface area contributed by atoms with E-state index in [2.05, 4.69) is 32.6 Å². The van der Waals surface area contributed by atoms with Crippen LogP contribution in [0.2, 0.25) is 0 Å². The summed E-state index contributed by atoms with van der Waals surface area (Å²) in [5.74, 6) is 0.422. The minimum absolute atomic E-state index is 0.0187. The summed E-state index contributed by atoms with van der Waals surface area (Å²) >= 11 is 0. The van der Waals surface area contributed by atoms with E-state index in [1.54, 1.807) is 0 Å². The number of nitrogens with two attached hydrogens (primary N) is 1. The van der Waals surface area contributed by atoms with Gasteiger partial charge in [-0.3, -0.25) is 9.69 Å². The molecule has 1 amide bonds. The lowest BCUT2D eigenvalue weighted by molar-refractivity contribution is -0.122. The van der Waals surface area contributed by atoms with Crippen LogP contribution in [-0.2, 0) is 4.79 Å². The highest BCUT2D eigenvalue weighted by Gasteiger charge is 2.32. The number of nitrogens with zero attached hydrogens (tertiary/aromatic N) is 1. The predicted molar refractivity (Wildman–Crippen MR) is 62.4 cm³/mol. The second kappa shape index (κ2) is 4.52. The zero-order chi connectivity index (χ0) is 11.6. The molecule has 0 aromatic rings. The van der Waals surface area contributed by atoms with Crippen LogP contribution >= 0.6 is 0 Å². The van der Waals surface area contributed by atoms with Crippen molar-refractivity contribution >= 4 is 5.91 Å². The van der Waals surface area contributed by atoms with Crippen molar-refractivity contribution in [1.82, 2.24) is 4.90 Å². The van der Waals surface area contributed by atoms with Crippen LogP contribution in [0.4, 0.5) is 0 Å². The molecule has 1 heterocycles. The Morgan fingerprint density at radius 2 is 2.13 bits per heavy atom. The largest absolute Gasteiger partial charge is 0.368 e. The molecule has 1 fully saturated rings. The zero-order valence-corrected chi connectivity index (χ0v) is 10.4. The van der Waals surface area contributed by atoms with Gasteiger partial charge in [0.25, 0.3) is 0 Å². The maximum Gasteiger partial charge on any atom is 0.234 e. The van der Waals surface area contributed by atoms with Gasteiger partial charge in [0.05, 0.1) is 6.04 Å². The lowest BCUT2D eigenvalue weighted by Crippen LogP contribution is -2.43. The van der Waals surface area contributed by atoms with E-state index < -0.39 is 0 Å². The molecule has 2 atom stereocenters. The Labute approximate surface area is 93.0 Å². The molecule has 1 rings (SSSR count). The Kier molecular flexibility index (Phi) is 3.77. The molecule has 2 N–H and O–H groups in total. The average Bonchev–Trinajstić information content (AvgIpc) is 2.50. The van der Waals surface area contributed by atoms with Crippen LogP contribution < -0.4 is 5.73 Å². The first kappa shape index (κ1) is 12.5. The first-order valence-electron chi connectivity index (χ1n) is 5.85. The maximum atomic E-state index is 11.2. The van der Waals surface area contributed by atoms with Crippen molar-refractivity contribution in [1.29, 1.82) is 0 Å². The van der Waals surface area contributed by atoms with Crippen molar-refractivity contribution < 1.29 is 4.79 Å². The van der Waals surface area contributed by atoms with E-state index in [4.69, 9.17) is 5.73 Å². The highest BCUT2D eigenvalue weighted by atomic mass is 16.1. The number of hydrogen-bond donors (Lipinski definition) is 1. The quantitative estimate of drug-likeness (QED) is 0.772. The summed E-state index contributed by atoms with van der Waals surface area (Å²) in [6.45, 7) is 11.0. The van der Waals surface area contributed by atoms with Crippen LogP contribution in [0.5, 0.6) is 0 Å². The van der Waals surface area contributed by atoms with Gasteiger partial charge in [-0.05, 0) is 30.7 Å². The molecule has 1 aliphatic heterocycles. The summed E-state index contributed by atoms with van der Waals surface area (Å²) in [5.41, 5.74) is 5.69. The predicted octanol–water partition coefficient (Wildman–Crippen LogP) is 1.62. The van der Waals surface area contributed by atoms with Gasteiger partial charge in [0.1, 0.15) is 0 Å². The number of likely N-dealkylation sites (tertiary alicyclic amines) is 1. The van der Waals surface area contributed by atoms with E-state index in [1.807, 2.05) is 0 Å². The molecule has 1 aliphatic rings. The summed E-state index contributed by atoms with van der Waals surface area (Å²) in [7, 11) is 0. The highest BCUT2D eigenvalue weighted by Crippen LogP contribution is 2.28.